The van der Waals surface area contributed by atoms with Crippen molar-refractivity contribution in [2.75, 3.05) is 12.3 Å². The Hall–Kier alpha value is -3.60. The van der Waals surface area contributed by atoms with E-state index in [0.717, 1.165) is 5.56 Å². The second-order valence-corrected chi connectivity index (χ2v) is 4.51. The van der Waals surface area contributed by atoms with Crippen LogP contribution in [0.25, 0.3) is 0 Å². The van der Waals surface area contributed by atoms with E-state index in [1.54, 1.807) is 0 Å². The van der Waals surface area contributed by atoms with E-state index in [1.807, 2.05) is 30.3 Å². The van der Waals surface area contributed by atoms with Crippen molar-refractivity contribution in [2.45, 2.75) is 6.61 Å². The summed E-state index contributed by atoms with van der Waals surface area (Å²) in [4.78, 5) is 29.8. The molecule has 2 rings (SSSR count). The van der Waals surface area contributed by atoms with Crippen LogP contribution in [0.2, 0.25) is 0 Å². The lowest BCUT2D eigenvalue weighted by atomic mass is 10.2. The van der Waals surface area contributed by atoms with Crippen LogP contribution in [0.3, 0.4) is 0 Å². The SMILES string of the molecule is Nc1ncc(C#CCNC(=O)OCc2ccccc2)nc1C(=O)O. The number of benzene rings is 1. The first-order chi connectivity index (χ1) is 11.6. The molecule has 0 spiro atoms. The minimum absolute atomic E-state index is 0.0160. The van der Waals surface area contributed by atoms with Crippen LogP contribution in [0, 0.1) is 11.8 Å². The molecule has 1 amide bonds. The molecule has 0 fully saturated rings. The largest absolute Gasteiger partial charge is 0.476 e. The fraction of sp³-hybridized carbons (Fsp3) is 0.125. The van der Waals surface area contributed by atoms with Gasteiger partial charge < -0.3 is 20.9 Å². The van der Waals surface area contributed by atoms with Gasteiger partial charge in [0.1, 0.15) is 12.3 Å². The molecule has 0 aliphatic rings. The first kappa shape index (κ1) is 16.8. The summed E-state index contributed by atoms with van der Waals surface area (Å²) in [7, 11) is 0. The predicted octanol–water partition coefficient (Wildman–Crippen LogP) is 1.03. The Bertz CT molecular complexity index is 797. The maximum absolute atomic E-state index is 11.5. The van der Waals surface area contributed by atoms with E-state index in [1.165, 1.54) is 6.20 Å². The zero-order chi connectivity index (χ0) is 17.4. The highest BCUT2D eigenvalue weighted by molar-refractivity contribution is 5.90. The van der Waals surface area contributed by atoms with Crippen LogP contribution in [0.4, 0.5) is 10.6 Å². The standard InChI is InChI=1S/C16H14N4O4/c17-14-13(15(21)22)20-12(9-19-14)7-4-8-18-16(23)24-10-11-5-2-1-3-6-11/h1-3,5-6,9H,8,10H2,(H2,17,19)(H,18,23)(H,21,22). The number of anilines is 1. The number of rotatable bonds is 4. The summed E-state index contributed by atoms with van der Waals surface area (Å²) in [5.41, 5.74) is 6.04. The number of ether oxygens (including phenoxy) is 1. The lowest BCUT2D eigenvalue weighted by Gasteiger charge is -2.04. The molecule has 24 heavy (non-hydrogen) atoms. The molecular formula is C16H14N4O4. The van der Waals surface area contributed by atoms with Crippen molar-refractivity contribution in [1.29, 1.82) is 0 Å². The van der Waals surface area contributed by atoms with Gasteiger partial charge in [-0.05, 0) is 11.5 Å². The molecule has 0 unspecified atom stereocenters. The van der Waals surface area contributed by atoms with Gasteiger partial charge in [0.15, 0.2) is 11.5 Å². The van der Waals surface area contributed by atoms with E-state index in [4.69, 9.17) is 15.6 Å². The van der Waals surface area contributed by atoms with Crippen LogP contribution in [0.1, 0.15) is 21.7 Å². The summed E-state index contributed by atoms with van der Waals surface area (Å²) in [6, 6.07) is 9.25. The molecule has 0 atom stereocenters. The highest BCUT2D eigenvalue weighted by atomic mass is 16.5. The molecule has 1 aromatic heterocycles. The monoisotopic (exact) mass is 326 g/mol. The minimum atomic E-state index is -1.29. The van der Waals surface area contributed by atoms with Crippen molar-refractivity contribution in [1.82, 2.24) is 15.3 Å². The predicted molar refractivity (Wildman–Crippen MR) is 84.9 cm³/mol. The van der Waals surface area contributed by atoms with E-state index in [-0.39, 0.29) is 30.4 Å². The van der Waals surface area contributed by atoms with Gasteiger partial charge in [-0.15, -0.1) is 0 Å². The number of carboxylic acid groups (broad SMARTS) is 1. The van der Waals surface area contributed by atoms with Gasteiger partial charge in [0, 0.05) is 0 Å². The fourth-order valence-corrected chi connectivity index (χ4v) is 1.64. The summed E-state index contributed by atoms with van der Waals surface area (Å²) in [6.07, 6.45) is 0.644. The number of nitrogens with zero attached hydrogens (tertiary/aromatic N) is 2. The maximum Gasteiger partial charge on any atom is 0.408 e. The van der Waals surface area contributed by atoms with Crippen LogP contribution in [-0.2, 0) is 11.3 Å². The molecule has 122 valence electrons. The Labute approximate surface area is 137 Å². The number of aromatic nitrogens is 2. The quantitative estimate of drug-likeness (QED) is 0.716. The van der Waals surface area contributed by atoms with E-state index < -0.39 is 12.1 Å². The van der Waals surface area contributed by atoms with E-state index in [2.05, 4.69) is 27.1 Å². The average Bonchev–Trinajstić information content (AvgIpc) is 2.59. The Balaban J connectivity index is 1.82. The molecule has 0 aliphatic carbocycles. The zero-order valence-corrected chi connectivity index (χ0v) is 12.5. The highest BCUT2D eigenvalue weighted by Crippen LogP contribution is 2.05. The first-order valence-corrected chi connectivity index (χ1v) is 6.85. The summed E-state index contributed by atoms with van der Waals surface area (Å²) in [6.45, 7) is 0.174. The smallest absolute Gasteiger partial charge is 0.408 e. The Morgan fingerprint density at radius 1 is 1.29 bits per heavy atom. The number of carbonyl (C=O) groups is 2. The van der Waals surface area contributed by atoms with Crippen LogP contribution in [0.5, 0.6) is 0 Å². The Morgan fingerprint density at radius 3 is 2.75 bits per heavy atom. The first-order valence-electron chi connectivity index (χ1n) is 6.85. The van der Waals surface area contributed by atoms with Gasteiger partial charge >= 0.3 is 12.1 Å². The molecule has 0 aliphatic heterocycles. The number of amides is 1. The van der Waals surface area contributed by atoms with Gasteiger partial charge in [0.25, 0.3) is 0 Å². The van der Waals surface area contributed by atoms with Gasteiger partial charge in [-0.1, -0.05) is 36.3 Å². The lowest BCUT2D eigenvalue weighted by molar-refractivity contribution is 0.0691. The molecule has 2 aromatic rings. The van der Waals surface area contributed by atoms with Gasteiger partial charge in [-0.3, -0.25) is 0 Å². The van der Waals surface area contributed by atoms with Gasteiger partial charge in [-0.25, -0.2) is 19.6 Å². The number of carbonyl (C=O) groups excluding carboxylic acids is 1. The van der Waals surface area contributed by atoms with Crippen LogP contribution in [-0.4, -0.2) is 33.7 Å². The molecule has 8 nitrogen and oxygen atoms in total. The molecule has 0 radical (unpaired) electrons. The third-order valence-electron chi connectivity index (χ3n) is 2.75. The number of alkyl carbamates (subject to hydrolysis) is 1. The number of nitrogens with one attached hydrogen (secondary N) is 1. The zero-order valence-electron chi connectivity index (χ0n) is 12.5. The molecule has 0 saturated heterocycles. The third kappa shape index (κ3) is 4.99. The molecular weight excluding hydrogens is 312 g/mol. The number of hydrogen-bond donors (Lipinski definition) is 3. The van der Waals surface area contributed by atoms with Crippen LogP contribution < -0.4 is 11.1 Å². The van der Waals surface area contributed by atoms with Crippen LogP contribution in [0.15, 0.2) is 36.5 Å². The number of nitrogen functional groups attached to an aromatic ring is 1. The third-order valence-corrected chi connectivity index (χ3v) is 2.75. The molecule has 0 saturated carbocycles. The molecule has 1 aromatic carbocycles. The van der Waals surface area contributed by atoms with Crippen molar-refractivity contribution < 1.29 is 19.4 Å². The second-order valence-electron chi connectivity index (χ2n) is 4.51. The number of nitrogens with two attached hydrogens (primary N) is 1. The van der Waals surface area contributed by atoms with E-state index in [0.29, 0.717) is 0 Å². The van der Waals surface area contributed by atoms with Crippen molar-refractivity contribution in [3.05, 3.63) is 53.5 Å². The molecule has 4 N–H and O–H groups in total. The molecule has 1 heterocycles. The highest BCUT2D eigenvalue weighted by Gasteiger charge is 2.11. The van der Waals surface area contributed by atoms with E-state index in [9.17, 15) is 9.59 Å². The van der Waals surface area contributed by atoms with Crippen molar-refractivity contribution in [3.63, 3.8) is 0 Å². The fourth-order valence-electron chi connectivity index (χ4n) is 1.64. The van der Waals surface area contributed by atoms with Gasteiger partial charge in [-0.2, -0.15) is 0 Å². The van der Waals surface area contributed by atoms with Gasteiger partial charge in [0.05, 0.1) is 12.7 Å². The average molecular weight is 326 g/mol. The minimum Gasteiger partial charge on any atom is -0.476 e. The van der Waals surface area contributed by atoms with Crippen molar-refractivity contribution >= 4 is 17.9 Å². The number of hydrogen-bond acceptors (Lipinski definition) is 6. The Kier molecular flexibility index (Phi) is 5.69. The summed E-state index contributed by atoms with van der Waals surface area (Å²) in [5.74, 6) is 3.73. The second kappa shape index (κ2) is 8.14. The Morgan fingerprint density at radius 2 is 2.04 bits per heavy atom. The van der Waals surface area contributed by atoms with Gasteiger partial charge in [0.2, 0.25) is 0 Å². The van der Waals surface area contributed by atoms with Crippen LogP contribution >= 0.6 is 0 Å². The summed E-state index contributed by atoms with van der Waals surface area (Å²) < 4.78 is 5.01. The normalized spacial score (nSPS) is 9.50. The van der Waals surface area contributed by atoms with Crippen molar-refractivity contribution in [2.24, 2.45) is 0 Å². The topological polar surface area (TPSA) is 127 Å². The summed E-state index contributed by atoms with van der Waals surface area (Å²) >= 11 is 0. The number of aromatic carboxylic acids is 1. The molecule has 8 heteroatoms. The number of carboxylic acids is 1. The summed E-state index contributed by atoms with van der Waals surface area (Å²) in [5, 5.41) is 11.3. The van der Waals surface area contributed by atoms with E-state index >= 15 is 0 Å². The van der Waals surface area contributed by atoms with Crippen molar-refractivity contribution in [3.8, 4) is 11.8 Å². The maximum atomic E-state index is 11.5. The lowest BCUT2D eigenvalue weighted by Crippen LogP contribution is -2.24. The molecule has 0 bridgehead atoms.